The highest BCUT2D eigenvalue weighted by molar-refractivity contribution is 5.86. The van der Waals surface area contributed by atoms with Crippen molar-refractivity contribution in [1.29, 1.82) is 0 Å². The van der Waals surface area contributed by atoms with Crippen molar-refractivity contribution in [2.24, 2.45) is 23.7 Å². The first-order chi connectivity index (χ1) is 6.72. The summed E-state index contributed by atoms with van der Waals surface area (Å²) in [6.07, 6.45) is 7.46. The summed E-state index contributed by atoms with van der Waals surface area (Å²) in [5, 5.41) is 0. The Bertz CT molecular complexity index is 221. The zero-order chi connectivity index (χ0) is 10.1. The van der Waals surface area contributed by atoms with Gasteiger partial charge in [0.05, 0.1) is 0 Å². The van der Waals surface area contributed by atoms with Crippen LogP contribution in [0.15, 0.2) is 0 Å². The number of rotatable bonds is 3. The third-order valence-electron chi connectivity index (χ3n) is 4.24. The average Bonchev–Trinajstić information content (AvgIpc) is 2.94. The molecule has 0 aromatic rings. The van der Waals surface area contributed by atoms with Gasteiger partial charge in [-0.1, -0.05) is 33.1 Å². The molecule has 1 nitrogen and oxygen atoms in total. The smallest absolute Gasteiger partial charge is 0.139 e. The summed E-state index contributed by atoms with van der Waals surface area (Å²) in [6, 6.07) is 0. The lowest BCUT2D eigenvalue weighted by molar-refractivity contribution is -0.125. The Labute approximate surface area is 87.3 Å². The molecule has 0 aliphatic heterocycles. The fourth-order valence-electron chi connectivity index (χ4n) is 2.94. The Morgan fingerprint density at radius 3 is 2.57 bits per heavy atom. The molecular weight excluding hydrogens is 172 g/mol. The maximum atomic E-state index is 12.0. The van der Waals surface area contributed by atoms with E-state index in [1.807, 2.05) is 0 Å². The largest absolute Gasteiger partial charge is 0.299 e. The minimum Gasteiger partial charge on any atom is -0.299 e. The van der Waals surface area contributed by atoms with Crippen molar-refractivity contribution in [3.8, 4) is 0 Å². The minimum absolute atomic E-state index is 0.434. The van der Waals surface area contributed by atoms with Crippen LogP contribution in [0.1, 0.15) is 52.4 Å². The van der Waals surface area contributed by atoms with Gasteiger partial charge in [0.25, 0.3) is 0 Å². The van der Waals surface area contributed by atoms with Gasteiger partial charge in [0, 0.05) is 11.8 Å². The Kier molecular flexibility index (Phi) is 2.94. The summed E-state index contributed by atoms with van der Waals surface area (Å²) in [5.41, 5.74) is 0. The Morgan fingerprint density at radius 1 is 1.29 bits per heavy atom. The van der Waals surface area contributed by atoms with Crippen molar-refractivity contribution in [3.05, 3.63) is 0 Å². The van der Waals surface area contributed by atoms with Gasteiger partial charge in [-0.15, -0.1) is 0 Å². The van der Waals surface area contributed by atoms with Crippen molar-refractivity contribution in [3.63, 3.8) is 0 Å². The van der Waals surface area contributed by atoms with Crippen LogP contribution >= 0.6 is 0 Å². The molecule has 2 aliphatic carbocycles. The van der Waals surface area contributed by atoms with Crippen molar-refractivity contribution < 1.29 is 4.79 Å². The maximum Gasteiger partial charge on any atom is 0.139 e. The molecule has 0 spiro atoms. The normalized spacial score (nSPS) is 42.1. The summed E-state index contributed by atoms with van der Waals surface area (Å²) in [4.78, 5) is 12.0. The first kappa shape index (κ1) is 10.2. The van der Waals surface area contributed by atoms with E-state index in [0.29, 0.717) is 23.5 Å². The molecule has 14 heavy (non-hydrogen) atoms. The molecule has 0 saturated heterocycles. The van der Waals surface area contributed by atoms with Crippen LogP contribution in [-0.2, 0) is 4.79 Å². The lowest BCUT2D eigenvalue weighted by Crippen LogP contribution is -2.24. The van der Waals surface area contributed by atoms with Crippen molar-refractivity contribution in [1.82, 2.24) is 0 Å². The zero-order valence-corrected chi connectivity index (χ0v) is 9.46. The van der Waals surface area contributed by atoms with Crippen LogP contribution in [0.2, 0.25) is 0 Å². The molecule has 2 saturated carbocycles. The lowest BCUT2D eigenvalue weighted by atomic mass is 9.77. The zero-order valence-electron chi connectivity index (χ0n) is 9.46. The summed E-state index contributed by atoms with van der Waals surface area (Å²) in [6.45, 7) is 4.47. The van der Waals surface area contributed by atoms with Crippen LogP contribution in [0.3, 0.4) is 0 Å². The van der Waals surface area contributed by atoms with Gasteiger partial charge < -0.3 is 0 Å². The van der Waals surface area contributed by atoms with E-state index < -0.39 is 0 Å². The molecule has 0 radical (unpaired) electrons. The van der Waals surface area contributed by atoms with E-state index in [9.17, 15) is 4.79 Å². The van der Waals surface area contributed by atoms with Crippen LogP contribution in [-0.4, -0.2) is 5.78 Å². The number of carbonyl (C=O) groups is 1. The molecular formula is C13H22O. The number of Topliss-reactive ketones (excluding diaryl/α,β-unsaturated/α-hetero) is 1. The number of carbonyl (C=O) groups excluding carboxylic acids is 1. The second-order valence-corrected chi connectivity index (χ2v) is 5.36. The molecule has 0 heterocycles. The number of ketones is 1. The van der Waals surface area contributed by atoms with Gasteiger partial charge in [-0.05, 0) is 31.1 Å². The van der Waals surface area contributed by atoms with Gasteiger partial charge in [0.15, 0.2) is 0 Å². The maximum absolute atomic E-state index is 12.0. The van der Waals surface area contributed by atoms with Gasteiger partial charge in [0.1, 0.15) is 5.78 Å². The highest BCUT2D eigenvalue weighted by Crippen LogP contribution is 2.43. The molecule has 4 unspecified atom stereocenters. The van der Waals surface area contributed by atoms with E-state index in [1.165, 1.54) is 38.5 Å². The molecule has 80 valence electrons. The SMILES string of the molecule is CCC1CCCC(C(=O)C2CC2C)C1. The fraction of sp³-hybridized carbons (Fsp3) is 0.923. The Balaban J connectivity index is 1.87. The fourth-order valence-corrected chi connectivity index (χ4v) is 2.94. The second kappa shape index (κ2) is 4.04. The monoisotopic (exact) mass is 194 g/mol. The van der Waals surface area contributed by atoms with E-state index in [0.717, 1.165) is 5.92 Å². The van der Waals surface area contributed by atoms with Crippen LogP contribution in [0.25, 0.3) is 0 Å². The molecule has 0 aromatic carbocycles. The standard InChI is InChI=1S/C13H22O/c1-3-10-5-4-6-11(8-10)13(14)12-7-9(12)2/h9-12H,3-8H2,1-2H3. The van der Waals surface area contributed by atoms with Crippen molar-refractivity contribution >= 4 is 5.78 Å². The minimum atomic E-state index is 0.434. The Morgan fingerprint density at radius 2 is 2.00 bits per heavy atom. The highest BCUT2D eigenvalue weighted by atomic mass is 16.1. The van der Waals surface area contributed by atoms with Crippen LogP contribution in [0.5, 0.6) is 0 Å². The molecule has 0 bridgehead atoms. The molecule has 2 rings (SSSR count). The molecule has 1 heteroatoms. The van der Waals surface area contributed by atoms with Gasteiger partial charge in [-0.3, -0.25) is 4.79 Å². The third kappa shape index (κ3) is 2.02. The highest BCUT2D eigenvalue weighted by Gasteiger charge is 2.42. The van der Waals surface area contributed by atoms with Crippen molar-refractivity contribution in [2.45, 2.75) is 52.4 Å². The molecule has 0 aromatic heterocycles. The van der Waals surface area contributed by atoms with E-state index >= 15 is 0 Å². The molecule has 4 atom stereocenters. The third-order valence-corrected chi connectivity index (χ3v) is 4.24. The molecule has 0 N–H and O–H groups in total. The molecule has 2 fully saturated rings. The predicted molar refractivity (Wildman–Crippen MR) is 58.0 cm³/mol. The van der Waals surface area contributed by atoms with Gasteiger partial charge >= 0.3 is 0 Å². The van der Waals surface area contributed by atoms with Crippen molar-refractivity contribution in [2.75, 3.05) is 0 Å². The average molecular weight is 194 g/mol. The molecule has 2 aliphatic rings. The molecule has 0 amide bonds. The van der Waals surface area contributed by atoms with Gasteiger partial charge in [0.2, 0.25) is 0 Å². The van der Waals surface area contributed by atoms with Gasteiger partial charge in [-0.2, -0.15) is 0 Å². The van der Waals surface area contributed by atoms with Gasteiger partial charge in [-0.25, -0.2) is 0 Å². The predicted octanol–water partition coefficient (Wildman–Crippen LogP) is 3.43. The second-order valence-electron chi connectivity index (χ2n) is 5.36. The number of hydrogen-bond acceptors (Lipinski definition) is 1. The number of hydrogen-bond donors (Lipinski definition) is 0. The van der Waals surface area contributed by atoms with E-state index in [4.69, 9.17) is 0 Å². The summed E-state index contributed by atoms with van der Waals surface area (Å²) < 4.78 is 0. The summed E-state index contributed by atoms with van der Waals surface area (Å²) in [5.74, 6) is 3.03. The van der Waals surface area contributed by atoms with Crippen LogP contribution in [0, 0.1) is 23.7 Å². The van der Waals surface area contributed by atoms with Crippen LogP contribution in [0.4, 0.5) is 0 Å². The first-order valence-corrected chi connectivity index (χ1v) is 6.26. The first-order valence-electron chi connectivity index (χ1n) is 6.26. The van der Waals surface area contributed by atoms with E-state index in [2.05, 4.69) is 13.8 Å². The quantitative estimate of drug-likeness (QED) is 0.672. The van der Waals surface area contributed by atoms with E-state index in [1.54, 1.807) is 0 Å². The van der Waals surface area contributed by atoms with Crippen LogP contribution < -0.4 is 0 Å². The lowest BCUT2D eigenvalue weighted by Gasteiger charge is -2.27. The van der Waals surface area contributed by atoms with E-state index in [-0.39, 0.29) is 0 Å². The topological polar surface area (TPSA) is 17.1 Å². The summed E-state index contributed by atoms with van der Waals surface area (Å²) >= 11 is 0. The summed E-state index contributed by atoms with van der Waals surface area (Å²) in [7, 11) is 0. The Hall–Kier alpha value is -0.330.